The lowest BCUT2D eigenvalue weighted by atomic mass is 10.00. The summed E-state index contributed by atoms with van der Waals surface area (Å²) in [5, 5.41) is 0. The second kappa shape index (κ2) is 5.41. The second-order valence-corrected chi connectivity index (χ2v) is 4.03. The van der Waals surface area contributed by atoms with Gasteiger partial charge >= 0.3 is 0 Å². The maximum atomic E-state index is 12.8. The molecule has 0 bridgehead atoms. The molecule has 1 nitrogen and oxygen atoms in total. The van der Waals surface area contributed by atoms with Crippen LogP contribution in [0, 0.1) is 5.82 Å². The largest absolute Gasteiger partial charge is 0.294 e. The predicted molar refractivity (Wildman–Crippen MR) is 71.4 cm³/mol. The number of benzene rings is 2. The molecule has 2 rings (SSSR count). The summed E-state index contributed by atoms with van der Waals surface area (Å²) >= 11 is 0. The first-order valence-electron chi connectivity index (χ1n) is 5.70. The molecule has 2 aromatic carbocycles. The molecular weight excluding hydrogens is 227 g/mol. The van der Waals surface area contributed by atoms with Crippen molar-refractivity contribution in [3.63, 3.8) is 0 Å². The molecule has 0 N–H and O–H groups in total. The van der Waals surface area contributed by atoms with Gasteiger partial charge in [-0.1, -0.05) is 42.5 Å². The number of carbonyl (C=O) groups excluding carboxylic acids is 1. The summed E-state index contributed by atoms with van der Waals surface area (Å²) in [7, 11) is 0. The van der Waals surface area contributed by atoms with Gasteiger partial charge in [-0.05, 0) is 36.3 Å². The third-order valence-corrected chi connectivity index (χ3v) is 2.65. The van der Waals surface area contributed by atoms with Crippen molar-refractivity contribution < 1.29 is 9.18 Å². The molecule has 90 valence electrons. The third kappa shape index (κ3) is 2.92. The first-order chi connectivity index (χ1) is 8.66. The van der Waals surface area contributed by atoms with Crippen LogP contribution in [0.3, 0.4) is 0 Å². The van der Waals surface area contributed by atoms with Crippen LogP contribution in [-0.2, 0) is 4.79 Å². The van der Waals surface area contributed by atoms with Crippen LogP contribution in [0.2, 0.25) is 0 Å². The van der Waals surface area contributed by atoms with Crippen molar-refractivity contribution in [2.45, 2.75) is 6.92 Å². The predicted octanol–water partition coefficient (Wildman–Crippen LogP) is 3.96. The van der Waals surface area contributed by atoms with Crippen molar-refractivity contribution in [3.8, 4) is 0 Å². The average Bonchev–Trinajstić information content (AvgIpc) is 2.38. The maximum absolute atomic E-state index is 12.8. The monoisotopic (exact) mass is 240 g/mol. The summed E-state index contributed by atoms with van der Waals surface area (Å²) in [4.78, 5) is 11.7. The van der Waals surface area contributed by atoms with Crippen molar-refractivity contribution in [3.05, 3.63) is 71.5 Å². The smallest absolute Gasteiger partial charge is 0.160 e. The Bertz CT molecular complexity index is 568. The van der Waals surface area contributed by atoms with E-state index >= 15 is 0 Å². The Hall–Kier alpha value is -2.22. The highest BCUT2D eigenvalue weighted by Gasteiger charge is 2.06. The summed E-state index contributed by atoms with van der Waals surface area (Å²) < 4.78 is 12.8. The van der Waals surface area contributed by atoms with Gasteiger partial charge in [-0.25, -0.2) is 4.39 Å². The van der Waals surface area contributed by atoms with Gasteiger partial charge in [-0.15, -0.1) is 0 Å². The molecule has 0 unspecified atom stereocenters. The van der Waals surface area contributed by atoms with E-state index in [4.69, 9.17) is 0 Å². The molecule has 0 aliphatic rings. The number of carbonyl (C=O) groups is 1. The van der Waals surface area contributed by atoms with E-state index in [-0.39, 0.29) is 11.6 Å². The van der Waals surface area contributed by atoms with Crippen LogP contribution < -0.4 is 0 Å². The first kappa shape index (κ1) is 12.2. The lowest BCUT2D eigenvalue weighted by molar-refractivity contribution is -0.111. The number of ketones is 1. The van der Waals surface area contributed by atoms with Gasteiger partial charge in [0.15, 0.2) is 5.78 Å². The topological polar surface area (TPSA) is 17.1 Å². The number of Topliss-reactive ketones (excluding diaryl/α,β-unsaturated/α-hetero) is 1. The highest BCUT2D eigenvalue weighted by molar-refractivity contribution is 6.24. The van der Waals surface area contributed by atoms with Crippen LogP contribution in [0.5, 0.6) is 0 Å². The van der Waals surface area contributed by atoms with Crippen LogP contribution in [0.25, 0.3) is 11.6 Å². The molecule has 0 aliphatic heterocycles. The Morgan fingerprint density at radius 3 is 2.17 bits per heavy atom. The summed E-state index contributed by atoms with van der Waals surface area (Å²) in [5.41, 5.74) is 2.31. The molecule has 2 heteroatoms. The fourth-order valence-corrected chi connectivity index (χ4v) is 1.73. The molecule has 0 saturated heterocycles. The van der Waals surface area contributed by atoms with Gasteiger partial charge in [0.05, 0.1) is 0 Å². The summed E-state index contributed by atoms with van der Waals surface area (Å²) in [5.74, 6) is -0.290. The van der Waals surface area contributed by atoms with Gasteiger partial charge in [0.25, 0.3) is 0 Å². The normalized spacial score (nSPS) is 11.3. The zero-order chi connectivity index (χ0) is 13.0. The average molecular weight is 240 g/mol. The van der Waals surface area contributed by atoms with E-state index in [1.165, 1.54) is 19.1 Å². The molecule has 0 aromatic heterocycles. The van der Waals surface area contributed by atoms with Gasteiger partial charge in [0.1, 0.15) is 5.82 Å². The molecule has 0 radical (unpaired) electrons. The van der Waals surface area contributed by atoms with E-state index in [0.29, 0.717) is 5.57 Å². The first-order valence-corrected chi connectivity index (χ1v) is 5.70. The van der Waals surface area contributed by atoms with Crippen molar-refractivity contribution >= 4 is 17.4 Å². The zero-order valence-electron chi connectivity index (χ0n) is 10.1. The molecule has 0 heterocycles. The number of allylic oxidation sites excluding steroid dienone is 1. The van der Waals surface area contributed by atoms with E-state index in [2.05, 4.69) is 0 Å². The van der Waals surface area contributed by atoms with Crippen LogP contribution in [0.1, 0.15) is 18.1 Å². The number of hydrogen-bond donors (Lipinski definition) is 0. The third-order valence-electron chi connectivity index (χ3n) is 2.65. The lowest BCUT2D eigenvalue weighted by Gasteiger charge is -2.04. The van der Waals surface area contributed by atoms with Crippen LogP contribution in [-0.4, -0.2) is 5.78 Å². The van der Waals surface area contributed by atoms with E-state index in [1.54, 1.807) is 18.2 Å². The molecule has 18 heavy (non-hydrogen) atoms. The summed E-state index contributed by atoms with van der Waals surface area (Å²) in [6.45, 7) is 1.53. The quantitative estimate of drug-likeness (QED) is 0.586. The zero-order valence-corrected chi connectivity index (χ0v) is 10.1. The molecule has 0 spiro atoms. The van der Waals surface area contributed by atoms with Gasteiger partial charge in [-0.3, -0.25) is 4.79 Å². The highest BCUT2D eigenvalue weighted by Crippen LogP contribution is 2.19. The van der Waals surface area contributed by atoms with Gasteiger partial charge in [0.2, 0.25) is 0 Å². The standard InChI is InChI=1S/C16H13FO/c1-12(18)16(14-5-3-2-4-6-14)11-13-7-9-15(17)10-8-13/h2-11H,1H3. The fourth-order valence-electron chi connectivity index (χ4n) is 1.73. The minimum atomic E-state index is -0.281. The van der Waals surface area contributed by atoms with Crippen LogP contribution in [0.4, 0.5) is 4.39 Å². The number of halogens is 1. The molecule has 0 saturated carbocycles. The molecule has 0 fully saturated rings. The Morgan fingerprint density at radius 1 is 1.00 bits per heavy atom. The van der Waals surface area contributed by atoms with Crippen molar-refractivity contribution in [1.29, 1.82) is 0 Å². The van der Waals surface area contributed by atoms with Crippen molar-refractivity contribution in [2.24, 2.45) is 0 Å². The Balaban J connectivity index is 2.43. The van der Waals surface area contributed by atoms with Crippen molar-refractivity contribution in [1.82, 2.24) is 0 Å². The van der Waals surface area contributed by atoms with Gasteiger partial charge < -0.3 is 0 Å². The fraction of sp³-hybridized carbons (Fsp3) is 0.0625. The lowest BCUT2D eigenvalue weighted by Crippen LogP contribution is -1.95. The maximum Gasteiger partial charge on any atom is 0.160 e. The SMILES string of the molecule is CC(=O)C(=Cc1ccc(F)cc1)c1ccccc1. The molecular formula is C16H13FO. The van der Waals surface area contributed by atoms with Crippen molar-refractivity contribution in [2.75, 3.05) is 0 Å². The second-order valence-electron chi connectivity index (χ2n) is 4.03. The molecule has 0 atom stereocenters. The summed E-state index contributed by atoms with van der Waals surface area (Å²) in [6.07, 6.45) is 1.77. The van der Waals surface area contributed by atoms with Crippen LogP contribution in [0.15, 0.2) is 54.6 Å². The van der Waals surface area contributed by atoms with Crippen LogP contribution >= 0.6 is 0 Å². The number of rotatable bonds is 3. The van der Waals surface area contributed by atoms with E-state index in [9.17, 15) is 9.18 Å². The van der Waals surface area contributed by atoms with Gasteiger partial charge in [-0.2, -0.15) is 0 Å². The minimum absolute atomic E-state index is 0.00877. The Labute approximate surface area is 106 Å². The van der Waals surface area contributed by atoms with E-state index in [0.717, 1.165) is 11.1 Å². The molecule has 0 amide bonds. The Morgan fingerprint density at radius 2 is 1.61 bits per heavy atom. The minimum Gasteiger partial charge on any atom is -0.294 e. The molecule has 2 aromatic rings. The summed E-state index contributed by atoms with van der Waals surface area (Å²) in [6, 6.07) is 15.5. The highest BCUT2D eigenvalue weighted by atomic mass is 19.1. The van der Waals surface area contributed by atoms with E-state index in [1.807, 2.05) is 30.3 Å². The molecule has 0 aliphatic carbocycles. The van der Waals surface area contributed by atoms with Gasteiger partial charge in [0, 0.05) is 5.57 Å². The number of hydrogen-bond acceptors (Lipinski definition) is 1. The van der Waals surface area contributed by atoms with E-state index < -0.39 is 0 Å². The Kier molecular flexibility index (Phi) is 3.68.